The summed E-state index contributed by atoms with van der Waals surface area (Å²) < 4.78 is 0. The van der Waals surface area contributed by atoms with Crippen LogP contribution < -0.4 is 5.32 Å². The maximum atomic E-state index is 12.1. The lowest BCUT2D eigenvalue weighted by Gasteiger charge is -2.32. The van der Waals surface area contributed by atoms with Crippen molar-refractivity contribution in [1.29, 1.82) is 0 Å². The van der Waals surface area contributed by atoms with Crippen molar-refractivity contribution in [3.05, 3.63) is 0 Å². The molecule has 0 bridgehead atoms. The molecule has 116 valence electrons. The van der Waals surface area contributed by atoms with Crippen molar-refractivity contribution in [3.63, 3.8) is 0 Å². The third kappa shape index (κ3) is 4.43. The van der Waals surface area contributed by atoms with Crippen LogP contribution >= 0.6 is 0 Å². The minimum absolute atomic E-state index is 0.261. The molecule has 1 atom stereocenters. The smallest absolute Gasteiger partial charge is 0.236 e. The molecule has 5 nitrogen and oxygen atoms in total. The van der Waals surface area contributed by atoms with Gasteiger partial charge in [-0.2, -0.15) is 0 Å². The highest BCUT2D eigenvalue weighted by Gasteiger charge is 2.24. The molecule has 0 radical (unpaired) electrons. The van der Waals surface area contributed by atoms with E-state index in [1.165, 1.54) is 19.5 Å². The third-order valence-electron chi connectivity index (χ3n) is 4.61. The van der Waals surface area contributed by atoms with Crippen LogP contribution in [-0.4, -0.2) is 86.1 Å². The predicted octanol–water partition coefficient (Wildman–Crippen LogP) is 0.0803. The molecule has 5 heteroatoms. The van der Waals surface area contributed by atoms with Gasteiger partial charge < -0.3 is 20.0 Å². The molecule has 2 fully saturated rings. The molecule has 0 saturated carbocycles. The fourth-order valence-electron chi connectivity index (χ4n) is 3.05. The highest BCUT2D eigenvalue weighted by atomic mass is 16.2. The van der Waals surface area contributed by atoms with Crippen LogP contribution in [0.15, 0.2) is 0 Å². The SMILES string of the molecule is CC(C)N1CCC(CNCC(=O)N2CCN(C)CC2)C1. The Morgan fingerprint density at radius 2 is 1.90 bits per heavy atom. The van der Waals surface area contributed by atoms with E-state index in [2.05, 4.69) is 36.0 Å². The average molecular weight is 282 g/mol. The standard InChI is InChI=1S/C15H30N4O/c1-13(2)19-5-4-14(12-19)10-16-11-15(20)18-8-6-17(3)7-9-18/h13-14,16H,4-12H2,1-3H3. The highest BCUT2D eigenvalue weighted by Crippen LogP contribution is 2.17. The molecule has 0 aromatic heterocycles. The van der Waals surface area contributed by atoms with Crippen LogP contribution in [0.3, 0.4) is 0 Å². The molecule has 2 aliphatic rings. The summed E-state index contributed by atoms with van der Waals surface area (Å²) in [7, 11) is 2.11. The Morgan fingerprint density at radius 1 is 1.20 bits per heavy atom. The first-order valence-corrected chi connectivity index (χ1v) is 7.97. The Labute approximate surface area is 123 Å². The van der Waals surface area contributed by atoms with Crippen molar-refractivity contribution in [2.45, 2.75) is 26.3 Å². The van der Waals surface area contributed by atoms with Gasteiger partial charge in [-0.05, 0) is 46.3 Å². The van der Waals surface area contributed by atoms with E-state index in [0.29, 0.717) is 18.5 Å². The van der Waals surface area contributed by atoms with Gasteiger partial charge in [-0.25, -0.2) is 0 Å². The molecule has 1 unspecified atom stereocenters. The van der Waals surface area contributed by atoms with Crippen LogP contribution in [0, 0.1) is 5.92 Å². The van der Waals surface area contributed by atoms with Crippen LogP contribution in [0.5, 0.6) is 0 Å². The first kappa shape index (κ1) is 15.7. The van der Waals surface area contributed by atoms with Crippen molar-refractivity contribution in [1.82, 2.24) is 20.0 Å². The summed E-state index contributed by atoms with van der Waals surface area (Å²) in [5, 5.41) is 3.36. The number of likely N-dealkylation sites (N-methyl/N-ethyl adjacent to an activating group) is 1. The molecule has 20 heavy (non-hydrogen) atoms. The van der Waals surface area contributed by atoms with E-state index in [-0.39, 0.29) is 5.91 Å². The Morgan fingerprint density at radius 3 is 2.50 bits per heavy atom. The van der Waals surface area contributed by atoms with Gasteiger partial charge in [0.05, 0.1) is 6.54 Å². The maximum Gasteiger partial charge on any atom is 0.236 e. The van der Waals surface area contributed by atoms with Crippen molar-refractivity contribution in [2.24, 2.45) is 5.92 Å². The fourth-order valence-corrected chi connectivity index (χ4v) is 3.05. The molecule has 1 amide bonds. The third-order valence-corrected chi connectivity index (χ3v) is 4.61. The highest BCUT2D eigenvalue weighted by molar-refractivity contribution is 5.78. The Bertz CT molecular complexity index is 313. The molecule has 0 aromatic carbocycles. The first-order valence-electron chi connectivity index (χ1n) is 7.97. The summed E-state index contributed by atoms with van der Waals surface area (Å²) in [6, 6.07) is 0.645. The topological polar surface area (TPSA) is 38.8 Å². The molecule has 2 saturated heterocycles. The van der Waals surface area contributed by atoms with E-state index < -0.39 is 0 Å². The second-order valence-electron chi connectivity index (χ2n) is 6.56. The van der Waals surface area contributed by atoms with E-state index in [0.717, 1.165) is 32.7 Å². The lowest BCUT2D eigenvalue weighted by Crippen LogP contribution is -2.49. The second kappa shape index (κ2) is 7.38. The van der Waals surface area contributed by atoms with Gasteiger partial charge in [0.25, 0.3) is 0 Å². The van der Waals surface area contributed by atoms with Gasteiger partial charge in [-0.3, -0.25) is 4.79 Å². The monoisotopic (exact) mass is 282 g/mol. The number of nitrogens with one attached hydrogen (secondary N) is 1. The molecule has 2 aliphatic heterocycles. The molecule has 0 aliphatic carbocycles. The van der Waals surface area contributed by atoms with E-state index in [4.69, 9.17) is 0 Å². The molecular formula is C15H30N4O. The van der Waals surface area contributed by atoms with Crippen LogP contribution in [0.4, 0.5) is 0 Å². The number of hydrogen-bond acceptors (Lipinski definition) is 4. The largest absolute Gasteiger partial charge is 0.339 e. The normalized spacial score (nSPS) is 25.6. The lowest BCUT2D eigenvalue weighted by atomic mass is 10.1. The Balaban J connectivity index is 1.60. The predicted molar refractivity (Wildman–Crippen MR) is 81.8 cm³/mol. The number of likely N-dealkylation sites (tertiary alicyclic amines) is 1. The van der Waals surface area contributed by atoms with Crippen molar-refractivity contribution >= 4 is 5.91 Å². The van der Waals surface area contributed by atoms with Crippen molar-refractivity contribution in [2.75, 3.05) is 59.4 Å². The molecule has 0 spiro atoms. The number of hydrogen-bond donors (Lipinski definition) is 1. The summed E-state index contributed by atoms with van der Waals surface area (Å²) in [5.74, 6) is 0.967. The molecular weight excluding hydrogens is 252 g/mol. The zero-order valence-corrected chi connectivity index (χ0v) is 13.3. The fraction of sp³-hybridized carbons (Fsp3) is 0.933. The van der Waals surface area contributed by atoms with Gasteiger partial charge in [-0.15, -0.1) is 0 Å². The molecule has 2 rings (SSSR count). The van der Waals surface area contributed by atoms with Gasteiger partial charge in [0, 0.05) is 38.8 Å². The first-order chi connectivity index (χ1) is 9.56. The Hall–Kier alpha value is -0.650. The maximum absolute atomic E-state index is 12.1. The second-order valence-corrected chi connectivity index (χ2v) is 6.56. The van der Waals surface area contributed by atoms with Crippen molar-refractivity contribution < 1.29 is 4.79 Å². The minimum atomic E-state index is 0.261. The summed E-state index contributed by atoms with van der Waals surface area (Å²) >= 11 is 0. The quantitative estimate of drug-likeness (QED) is 0.775. The average Bonchev–Trinajstić information content (AvgIpc) is 2.88. The van der Waals surface area contributed by atoms with E-state index in [9.17, 15) is 4.79 Å². The van der Waals surface area contributed by atoms with Crippen LogP contribution in [0.2, 0.25) is 0 Å². The molecule has 0 aromatic rings. The van der Waals surface area contributed by atoms with Crippen LogP contribution in [0.1, 0.15) is 20.3 Å². The van der Waals surface area contributed by atoms with Gasteiger partial charge in [0.15, 0.2) is 0 Å². The summed E-state index contributed by atoms with van der Waals surface area (Å²) in [6.45, 7) is 12.1. The number of carbonyl (C=O) groups is 1. The summed E-state index contributed by atoms with van der Waals surface area (Å²) in [4.78, 5) is 18.9. The molecule has 1 N–H and O–H groups in total. The lowest BCUT2D eigenvalue weighted by molar-refractivity contribution is -0.131. The van der Waals surface area contributed by atoms with Crippen molar-refractivity contribution in [3.8, 4) is 0 Å². The van der Waals surface area contributed by atoms with E-state index in [1.807, 2.05) is 4.90 Å². The van der Waals surface area contributed by atoms with Crippen LogP contribution in [-0.2, 0) is 4.79 Å². The Kier molecular flexibility index (Phi) is 5.81. The van der Waals surface area contributed by atoms with Gasteiger partial charge >= 0.3 is 0 Å². The van der Waals surface area contributed by atoms with Gasteiger partial charge in [0.2, 0.25) is 5.91 Å². The van der Waals surface area contributed by atoms with E-state index >= 15 is 0 Å². The summed E-state index contributed by atoms with van der Waals surface area (Å²) in [6.07, 6.45) is 1.26. The van der Waals surface area contributed by atoms with Crippen LogP contribution in [0.25, 0.3) is 0 Å². The van der Waals surface area contributed by atoms with E-state index in [1.54, 1.807) is 0 Å². The van der Waals surface area contributed by atoms with Gasteiger partial charge in [-0.1, -0.05) is 0 Å². The molecule has 2 heterocycles. The number of rotatable bonds is 5. The zero-order valence-electron chi connectivity index (χ0n) is 13.3. The minimum Gasteiger partial charge on any atom is -0.339 e. The zero-order chi connectivity index (χ0) is 14.5. The number of piperazine rings is 1. The number of carbonyl (C=O) groups excluding carboxylic acids is 1. The van der Waals surface area contributed by atoms with Gasteiger partial charge in [0.1, 0.15) is 0 Å². The number of amides is 1. The number of nitrogens with zero attached hydrogens (tertiary/aromatic N) is 3. The summed E-state index contributed by atoms with van der Waals surface area (Å²) in [5.41, 5.74) is 0.